The Hall–Kier alpha value is -3.09. The maximum atomic E-state index is 12.4. The molecule has 1 aliphatic rings. The number of imide groups is 1. The van der Waals surface area contributed by atoms with Gasteiger partial charge in [0.05, 0.1) is 17.6 Å². The number of nitrogen functional groups attached to an aromatic ring is 1. The fraction of sp³-hybridized carbons (Fsp3) is 0.235. The molecule has 0 unspecified atom stereocenters. The summed E-state index contributed by atoms with van der Waals surface area (Å²) >= 11 is 0. The van der Waals surface area contributed by atoms with Crippen LogP contribution in [0.5, 0.6) is 0 Å². The van der Waals surface area contributed by atoms with Gasteiger partial charge in [0.15, 0.2) is 0 Å². The van der Waals surface area contributed by atoms with E-state index in [1.165, 1.54) is 12.4 Å². The van der Waals surface area contributed by atoms with Crippen molar-refractivity contribution in [3.8, 4) is 0 Å². The standard InChI is InChI=1S/C17H18N4O3/c18-14-8-9-19-10-15(14)20-16(22)21(13-6-7-13)17(23)24-11-12-4-2-1-3-5-12/h1-5,8-10,13H,6-7,11H2,(H2,18,19)(H,20,22). The van der Waals surface area contributed by atoms with Crippen molar-refractivity contribution >= 4 is 23.5 Å². The molecule has 0 atom stereocenters. The van der Waals surface area contributed by atoms with Gasteiger partial charge in [0, 0.05) is 12.2 Å². The van der Waals surface area contributed by atoms with Gasteiger partial charge in [-0.1, -0.05) is 30.3 Å². The van der Waals surface area contributed by atoms with Crippen LogP contribution in [0.15, 0.2) is 48.8 Å². The average Bonchev–Trinajstić information content (AvgIpc) is 3.41. The van der Waals surface area contributed by atoms with Crippen molar-refractivity contribution in [3.63, 3.8) is 0 Å². The number of amides is 3. The van der Waals surface area contributed by atoms with Crippen molar-refractivity contribution in [2.24, 2.45) is 0 Å². The number of aromatic nitrogens is 1. The number of benzene rings is 1. The van der Waals surface area contributed by atoms with Crippen LogP contribution in [0.3, 0.4) is 0 Å². The van der Waals surface area contributed by atoms with Gasteiger partial charge in [-0.25, -0.2) is 14.5 Å². The van der Waals surface area contributed by atoms with Crippen molar-refractivity contribution in [2.75, 3.05) is 11.1 Å². The largest absolute Gasteiger partial charge is 0.444 e. The molecule has 2 aromatic rings. The minimum absolute atomic E-state index is 0.116. The first kappa shape index (κ1) is 15.8. The minimum Gasteiger partial charge on any atom is -0.444 e. The number of nitrogens with two attached hydrogens (primary N) is 1. The van der Waals surface area contributed by atoms with E-state index < -0.39 is 12.1 Å². The van der Waals surface area contributed by atoms with E-state index in [9.17, 15) is 9.59 Å². The summed E-state index contributed by atoms with van der Waals surface area (Å²) in [6.45, 7) is 0.116. The lowest BCUT2D eigenvalue weighted by molar-refractivity contribution is 0.105. The number of ether oxygens (including phenoxy) is 1. The molecular formula is C17H18N4O3. The molecular weight excluding hydrogens is 308 g/mol. The van der Waals surface area contributed by atoms with Crippen molar-refractivity contribution in [1.29, 1.82) is 0 Å². The lowest BCUT2D eigenvalue weighted by atomic mass is 10.2. The zero-order chi connectivity index (χ0) is 16.9. The van der Waals surface area contributed by atoms with E-state index in [1.54, 1.807) is 6.07 Å². The van der Waals surface area contributed by atoms with E-state index in [1.807, 2.05) is 30.3 Å². The van der Waals surface area contributed by atoms with Crippen LogP contribution >= 0.6 is 0 Å². The van der Waals surface area contributed by atoms with Crippen LogP contribution < -0.4 is 11.1 Å². The van der Waals surface area contributed by atoms with Gasteiger partial charge in [0.2, 0.25) is 0 Å². The third kappa shape index (κ3) is 3.81. The van der Waals surface area contributed by atoms with Gasteiger partial charge in [0.25, 0.3) is 0 Å². The topological polar surface area (TPSA) is 97.5 Å². The zero-order valence-electron chi connectivity index (χ0n) is 13.0. The second kappa shape index (κ2) is 6.99. The van der Waals surface area contributed by atoms with Crippen molar-refractivity contribution in [3.05, 3.63) is 54.4 Å². The molecule has 3 N–H and O–H groups in total. The van der Waals surface area contributed by atoms with E-state index in [-0.39, 0.29) is 12.6 Å². The molecule has 0 spiro atoms. The Morgan fingerprint density at radius 3 is 2.67 bits per heavy atom. The molecule has 7 nitrogen and oxygen atoms in total. The molecule has 0 saturated heterocycles. The molecule has 7 heteroatoms. The van der Waals surface area contributed by atoms with Crippen molar-refractivity contribution in [2.45, 2.75) is 25.5 Å². The fourth-order valence-electron chi connectivity index (χ4n) is 2.20. The summed E-state index contributed by atoms with van der Waals surface area (Å²) in [5, 5.41) is 2.61. The molecule has 1 aromatic heterocycles. The number of nitrogens with one attached hydrogen (secondary N) is 1. The van der Waals surface area contributed by atoms with Gasteiger partial charge in [-0.3, -0.25) is 4.98 Å². The normalized spacial score (nSPS) is 13.2. The van der Waals surface area contributed by atoms with Crippen LogP contribution in [0.1, 0.15) is 18.4 Å². The minimum atomic E-state index is -0.665. The van der Waals surface area contributed by atoms with E-state index in [0.29, 0.717) is 11.4 Å². The van der Waals surface area contributed by atoms with Crippen LogP contribution in [-0.4, -0.2) is 28.1 Å². The molecule has 0 aliphatic heterocycles. The molecule has 3 amide bonds. The molecule has 1 saturated carbocycles. The van der Waals surface area contributed by atoms with Crippen molar-refractivity contribution < 1.29 is 14.3 Å². The fourth-order valence-corrected chi connectivity index (χ4v) is 2.20. The highest BCUT2D eigenvalue weighted by Gasteiger charge is 2.38. The second-order valence-electron chi connectivity index (χ2n) is 5.53. The summed E-state index contributed by atoms with van der Waals surface area (Å²) < 4.78 is 5.26. The summed E-state index contributed by atoms with van der Waals surface area (Å²) in [7, 11) is 0. The molecule has 0 radical (unpaired) electrons. The third-order valence-corrected chi connectivity index (χ3v) is 3.63. The number of pyridine rings is 1. The third-order valence-electron chi connectivity index (χ3n) is 3.63. The van der Waals surface area contributed by atoms with E-state index in [0.717, 1.165) is 23.3 Å². The van der Waals surface area contributed by atoms with E-state index >= 15 is 0 Å². The van der Waals surface area contributed by atoms with Gasteiger partial charge in [-0.15, -0.1) is 0 Å². The Bertz CT molecular complexity index is 732. The lowest BCUT2D eigenvalue weighted by Gasteiger charge is -2.20. The highest BCUT2D eigenvalue weighted by molar-refractivity contribution is 6.01. The van der Waals surface area contributed by atoms with Gasteiger partial charge >= 0.3 is 12.1 Å². The van der Waals surface area contributed by atoms with Crippen LogP contribution in [0.25, 0.3) is 0 Å². The summed E-state index contributed by atoms with van der Waals surface area (Å²) in [4.78, 5) is 29.8. The molecule has 24 heavy (non-hydrogen) atoms. The summed E-state index contributed by atoms with van der Waals surface area (Å²) in [6.07, 6.45) is 3.85. The summed E-state index contributed by atoms with van der Waals surface area (Å²) in [6, 6.07) is 10.2. The Morgan fingerprint density at radius 1 is 1.25 bits per heavy atom. The van der Waals surface area contributed by atoms with Crippen LogP contribution in [0.2, 0.25) is 0 Å². The second-order valence-corrected chi connectivity index (χ2v) is 5.53. The van der Waals surface area contributed by atoms with Crippen molar-refractivity contribution in [1.82, 2.24) is 9.88 Å². The number of nitrogens with zero attached hydrogens (tertiary/aromatic N) is 2. The highest BCUT2D eigenvalue weighted by atomic mass is 16.6. The smallest absolute Gasteiger partial charge is 0.418 e. The predicted octanol–water partition coefficient (Wildman–Crippen LogP) is 3.00. The average molecular weight is 326 g/mol. The Balaban J connectivity index is 1.64. The first-order valence-corrected chi connectivity index (χ1v) is 7.65. The quantitative estimate of drug-likeness (QED) is 0.900. The molecule has 1 fully saturated rings. The molecule has 3 rings (SSSR count). The highest BCUT2D eigenvalue weighted by Crippen LogP contribution is 2.29. The van der Waals surface area contributed by atoms with Gasteiger partial charge in [-0.05, 0) is 24.5 Å². The monoisotopic (exact) mass is 326 g/mol. The number of hydrogen-bond acceptors (Lipinski definition) is 5. The molecule has 1 heterocycles. The SMILES string of the molecule is Nc1ccncc1NC(=O)N(C(=O)OCc1ccccc1)C1CC1. The Labute approximate surface area is 139 Å². The molecule has 1 aliphatic carbocycles. The number of carbonyl (C=O) groups is 2. The first-order valence-electron chi connectivity index (χ1n) is 7.65. The van der Waals surface area contributed by atoms with Crippen LogP contribution in [0, 0.1) is 0 Å². The molecule has 0 bridgehead atoms. The van der Waals surface area contributed by atoms with Crippen LogP contribution in [0.4, 0.5) is 21.0 Å². The number of urea groups is 1. The number of carbonyl (C=O) groups excluding carboxylic acids is 2. The zero-order valence-corrected chi connectivity index (χ0v) is 13.0. The van der Waals surface area contributed by atoms with Crippen LogP contribution in [-0.2, 0) is 11.3 Å². The van der Waals surface area contributed by atoms with E-state index in [2.05, 4.69) is 10.3 Å². The number of hydrogen-bond donors (Lipinski definition) is 2. The number of anilines is 2. The van der Waals surface area contributed by atoms with Gasteiger partial charge in [-0.2, -0.15) is 0 Å². The maximum absolute atomic E-state index is 12.4. The predicted molar refractivity (Wildman–Crippen MR) is 89.2 cm³/mol. The van der Waals surface area contributed by atoms with Gasteiger partial charge in [0.1, 0.15) is 6.61 Å². The first-order chi connectivity index (χ1) is 11.6. The number of rotatable bonds is 4. The summed E-state index contributed by atoms with van der Waals surface area (Å²) in [5.74, 6) is 0. The Kier molecular flexibility index (Phi) is 4.60. The molecule has 1 aromatic carbocycles. The van der Waals surface area contributed by atoms with E-state index in [4.69, 9.17) is 10.5 Å². The lowest BCUT2D eigenvalue weighted by Crippen LogP contribution is -2.42. The Morgan fingerprint density at radius 2 is 2.00 bits per heavy atom. The van der Waals surface area contributed by atoms with Gasteiger partial charge < -0.3 is 15.8 Å². The molecule has 124 valence electrons. The summed E-state index contributed by atoms with van der Waals surface area (Å²) in [5.41, 5.74) is 7.39. The maximum Gasteiger partial charge on any atom is 0.418 e.